The summed E-state index contributed by atoms with van der Waals surface area (Å²) in [5, 5.41) is 19.5. The van der Waals surface area contributed by atoms with Crippen LogP contribution in [0.4, 0.5) is 0 Å². The monoisotopic (exact) mass is 284 g/mol. The number of hydrogen-bond acceptors (Lipinski definition) is 4. The quantitative estimate of drug-likeness (QED) is 0.476. The molecular formula is C14H17ClO4. The van der Waals surface area contributed by atoms with Crippen LogP contribution in [0.3, 0.4) is 0 Å². The molecule has 104 valence electrons. The number of aliphatic hydroxyl groups excluding tert-OH is 2. The Morgan fingerprint density at radius 1 is 1.37 bits per heavy atom. The zero-order valence-corrected chi connectivity index (χ0v) is 11.4. The third-order valence-electron chi connectivity index (χ3n) is 2.66. The Morgan fingerprint density at radius 2 is 2.00 bits per heavy atom. The highest BCUT2D eigenvalue weighted by molar-refractivity contribution is 6.17. The molecule has 4 nitrogen and oxygen atoms in total. The Hall–Kier alpha value is -1.36. The maximum atomic E-state index is 10.9. The molecule has 1 aromatic carbocycles. The van der Waals surface area contributed by atoms with E-state index in [-0.39, 0.29) is 5.88 Å². The summed E-state index contributed by atoms with van der Waals surface area (Å²) in [4.78, 5) is 10.9. The number of esters is 1. The Morgan fingerprint density at radius 3 is 2.53 bits per heavy atom. The zero-order chi connectivity index (χ0) is 14.3. The molecular weight excluding hydrogens is 268 g/mol. The average molecular weight is 285 g/mol. The molecule has 0 saturated heterocycles. The molecule has 0 aliphatic heterocycles. The van der Waals surface area contributed by atoms with Crippen molar-refractivity contribution < 1.29 is 19.7 Å². The predicted octanol–water partition coefficient (Wildman–Crippen LogP) is 1.90. The van der Waals surface area contributed by atoms with Crippen LogP contribution in [0.25, 0.3) is 6.08 Å². The van der Waals surface area contributed by atoms with Crippen LogP contribution in [-0.2, 0) is 9.53 Å². The smallest absolute Gasteiger partial charge is 0.330 e. The highest BCUT2D eigenvalue weighted by Gasteiger charge is 2.17. The van der Waals surface area contributed by atoms with Crippen molar-refractivity contribution in [1.29, 1.82) is 0 Å². The van der Waals surface area contributed by atoms with Gasteiger partial charge in [-0.1, -0.05) is 24.3 Å². The van der Waals surface area contributed by atoms with Gasteiger partial charge in [0.25, 0.3) is 0 Å². The van der Waals surface area contributed by atoms with E-state index >= 15 is 0 Å². The number of halogens is 1. The number of benzene rings is 1. The SMILES string of the molecule is COC(=O)/C=C/c1ccc(C(O)C(O)CCCl)cc1. The number of carbonyl (C=O) groups excluding carboxylic acids is 1. The lowest BCUT2D eigenvalue weighted by Crippen LogP contribution is -2.18. The van der Waals surface area contributed by atoms with Gasteiger partial charge in [-0.3, -0.25) is 0 Å². The van der Waals surface area contributed by atoms with Gasteiger partial charge >= 0.3 is 5.97 Å². The first-order valence-electron chi connectivity index (χ1n) is 5.86. The minimum absolute atomic E-state index is 0.290. The Labute approximate surface area is 117 Å². The molecule has 0 amide bonds. The van der Waals surface area contributed by atoms with E-state index in [1.165, 1.54) is 13.2 Å². The van der Waals surface area contributed by atoms with Gasteiger partial charge in [0.05, 0.1) is 13.2 Å². The van der Waals surface area contributed by atoms with Gasteiger partial charge < -0.3 is 14.9 Å². The third-order valence-corrected chi connectivity index (χ3v) is 2.88. The van der Waals surface area contributed by atoms with E-state index in [0.29, 0.717) is 12.0 Å². The Bertz CT molecular complexity index is 428. The molecule has 0 aliphatic carbocycles. The molecule has 1 rings (SSSR count). The van der Waals surface area contributed by atoms with Crippen LogP contribution in [0.2, 0.25) is 0 Å². The molecule has 0 radical (unpaired) electrons. The topological polar surface area (TPSA) is 66.8 Å². The summed E-state index contributed by atoms with van der Waals surface area (Å²) in [6, 6.07) is 6.87. The number of ether oxygens (including phenoxy) is 1. The lowest BCUT2D eigenvalue weighted by molar-refractivity contribution is -0.134. The summed E-state index contributed by atoms with van der Waals surface area (Å²) >= 11 is 5.51. The van der Waals surface area contributed by atoms with Gasteiger partial charge in [-0.15, -0.1) is 11.6 Å². The Balaban J connectivity index is 2.70. The molecule has 2 atom stereocenters. The van der Waals surface area contributed by atoms with E-state index in [0.717, 1.165) is 5.56 Å². The molecule has 0 saturated carbocycles. The molecule has 19 heavy (non-hydrogen) atoms. The second-order valence-electron chi connectivity index (χ2n) is 4.01. The van der Waals surface area contributed by atoms with E-state index < -0.39 is 18.2 Å². The highest BCUT2D eigenvalue weighted by atomic mass is 35.5. The number of rotatable bonds is 6. The number of alkyl halides is 1. The van der Waals surface area contributed by atoms with Gasteiger partial charge in [0, 0.05) is 12.0 Å². The van der Waals surface area contributed by atoms with Crippen LogP contribution >= 0.6 is 11.6 Å². The number of aliphatic hydroxyl groups is 2. The van der Waals surface area contributed by atoms with Crippen LogP contribution in [0.5, 0.6) is 0 Å². The maximum Gasteiger partial charge on any atom is 0.330 e. The fraction of sp³-hybridized carbons (Fsp3) is 0.357. The average Bonchev–Trinajstić information content (AvgIpc) is 2.44. The predicted molar refractivity (Wildman–Crippen MR) is 73.8 cm³/mol. The van der Waals surface area contributed by atoms with Gasteiger partial charge in [0.2, 0.25) is 0 Å². The van der Waals surface area contributed by atoms with Crippen molar-refractivity contribution in [3.8, 4) is 0 Å². The second-order valence-corrected chi connectivity index (χ2v) is 4.39. The molecule has 2 unspecified atom stereocenters. The number of carbonyl (C=O) groups is 1. The van der Waals surface area contributed by atoms with Crippen LogP contribution in [0.15, 0.2) is 30.3 Å². The fourth-order valence-electron chi connectivity index (χ4n) is 1.53. The normalized spacial score (nSPS) is 14.3. The fourth-order valence-corrected chi connectivity index (χ4v) is 1.75. The first kappa shape index (κ1) is 15.7. The van der Waals surface area contributed by atoms with Gasteiger partial charge in [0.1, 0.15) is 6.10 Å². The van der Waals surface area contributed by atoms with Crippen LogP contribution < -0.4 is 0 Å². The summed E-state index contributed by atoms with van der Waals surface area (Å²) in [5.74, 6) is -0.139. The van der Waals surface area contributed by atoms with Crippen molar-refractivity contribution in [2.75, 3.05) is 13.0 Å². The molecule has 0 aromatic heterocycles. The van der Waals surface area contributed by atoms with E-state index in [1.54, 1.807) is 30.3 Å². The largest absolute Gasteiger partial charge is 0.466 e. The molecule has 5 heteroatoms. The lowest BCUT2D eigenvalue weighted by Gasteiger charge is -2.17. The molecule has 0 heterocycles. The summed E-state index contributed by atoms with van der Waals surface area (Å²) in [7, 11) is 1.31. The zero-order valence-electron chi connectivity index (χ0n) is 10.6. The van der Waals surface area contributed by atoms with E-state index in [2.05, 4.69) is 4.74 Å². The van der Waals surface area contributed by atoms with Crippen molar-refractivity contribution in [2.45, 2.75) is 18.6 Å². The molecule has 1 aromatic rings. The van der Waals surface area contributed by atoms with Gasteiger partial charge in [-0.2, -0.15) is 0 Å². The second kappa shape index (κ2) is 7.94. The van der Waals surface area contributed by atoms with E-state index in [4.69, 9.17) is 11.6 Å². The first-order valence-corrected chi connectivity index (χ1v) is 6.40. The highest BCUT2D eigenvalue weighted by Crippen LogP contribution is 2.20. The van der Waals surface area contributed by atoms with Gasteiger partial charge in [-0.25, -0.2) is 4.79 Å². The van der Waals surface area contributed by atoms with Crippen molar-refractivity contribution in [3.05, 3.63) is 41.5 Å². The maximum absolute atomic E-state index is 10.9. The van der Waals surface area contributed by atoms with Crippen LogP contribution in [0, 0.1) is 0 Å². The van der Waals surface area contributed by atoms with Crippen molar-refractivity contribution in [3.63, 3.8) is 0 Å². The molecule has 0 fully saturated rings. The molecule has 2 N–H and O–H groups in total. The summed E-state index contributed by atoms with van der Waals surface area (Å²) in [5.41, 5.74) is 1.40. The van der Waals surface area contributed by atoms with Crippen molar-refractivity contribution in [1.82, 2.24) is 0 Å². The lowest BCUT2D eigenvalue weighted by atomic mass is 10.0. The standard InChI is InChI=1S/C14H17ClO4/c1-19-13(17)7-4-10-2-5-11(6-3-10)14(18)12(16)8-9-15/h2-7,12,14,16,18H,8-9H2,1H3/b7-4+. The number of methoxy groups -OCH3 is 1. The summed E-state index contributed by atoms with van der Waals surface area (Å²) < 4.78 is 4.48. The minimum atomic E-state index is -0.961. The summed E-state index contributed by atoms with van der Waals surface area (Å²) in [6.07, 6.45) is 1.41. The number of hydrogen-bond donors (Lipinski definition) is 2. The first-order chi connectivity index (χ1) is 9.08. The van der Waals surface area contributed by atoms with Crippen molar-refractivity contribution >= 4 is 23.6 Å². The minimum Gasteiger partial charge on any atom is -0.466 e. The van der Waals surface area contributed by atoms with Crippen molar-refractivity contribution in [2.24, 2.45) is 0 Å². The van der Waals surface area contributed by atoms with E-state index in [1.807, 2.05) is 0 Å². The van der Waals surface area contributed by atoms with E-state index in [9.17, 15) is 15.0 Å². The van der Waals surface area contributed by atoms with Crippen LogP contribution in [0.1, 0.15) is 23.7 Å². The van der Waals surface area contributed by atoms with Crippen LogP contribution in [-0.4, -0.2) is 35.3 Å². The summed E-state index contributed by atoms with van der Waals surface area (Å²) in [6.45, 7) is 0. The Kier molecular flexibility index (Phi) is 6.56. The third kappa shape index (κ3) is 5.03. The van der Waals surface area contributed by atoms with Gasteiger partial charge in [0.15, 0.2) is 0 Å². The molecule has 0 bridgehead atoms. The van der Waals surface area contributed by atoms with Gasteiger partial charge in [-0.05, 0) is 23.6 Å². The molecule has 0 aliphatic rings. The molecule has 0 spiro atoms.